The van der Waals surface area contributed by atoms with Gasteiger partial charge in [0.15, 0.2) is 0 Å². The van der Waals surface area contributed by atoms with E-state index in [9.17, 15) is 9.59 Å². The molecule has 6 nitrogen and oxygen atoms in total. The summed E-state index contributed by atoms with van der Waals surface area (Å²) in [6, 6.07) is 14.9. The highest BCUT2D eigenvalue weighted by molar-refractivity contribution is 5.94. The van der Waals surface area contributed by atoms with E-state index in [2.05, 4.69) is 0 Å². The average molecular weight is 435 g/mol. The third kappa shape index (κ3) is 5.78. The van der Waals surface area contributed by atoms with Crippen LogP contribution in [0.4, 0.5) is 0 Å². The summed E-state index contributed by atoms with van der Waals surface area (Å²) in [5.74, 6) is 1.44. The Labute approximate surface area is 189 Å². The molecule has 1 aliphatic rings. The zero-order chi connectivity index (χ0) is 23.1. The summed E-state index contributed by atoms with van der Waals surface area (Å²) in [6.45, 7) is 4.93. The van der Waals surface area contributed by atoms with Gasteiger partial charge in [0, 0.05) is 37.3 Å². The summed E-state index contributed by atoms with van der Waals surface area (Å²) in [5.41, 5.74) is 1.86. The van der Waals surface area contributed by atoms with Crippen LogP contribution < -0.4 is 9.47 Å². The fourth-order valence-electron chi connectivity index (χ4n) is 3.70. The first-order chi connectivity index (χ1) is 15.4. The van der Waals surface area contributed by atoms with Crippen molar-refractivity contribution in [1.82, 2.24) is 9.80 Å². The lowest BCUT2D eigenvalue weighted by Crippen LogP contribution is -2.59. The number of hydrogen-bond acceptors (Lipinski definition) is 4. The number of nitrogens with zero attached hydrogens (tertiary/aromatic N) is 2. The van der Waals surface area contributed by atoms with Gasteiger partial charge >= 0.3 is 0 Å². The molecule has 1 saturated heterocycles. The molecule has 0 aromatic heterocycles. The minimum atomic E-state index is -0.0717. The number of benzene rings is 2. The van der Waals surface area contributed by atoms with E-state index in [0.29, 0.717) is 13.1 Å². The lowest BCUT2D eigenvalue weighted by molar-refractivity contribution is -0.139. The number of piperazine rings is 1. The molecule has 0 radical (unpaired) electrons. The van der Waals surface area contributed by atoms with Crippen molar-refractivity contribution in [3.05, 3.63) is 71.8 Å². The molecule has 1 heterocycles. The first-order valence-corrected chi connectivity index (χ1v) is 10.7. The van der Waals surface area contributed by atoms with E-state index in [1.54, 1.807) is 38.5 Å². The molecule has 2 aromatic rings. The molecule has 0 spiro atoms. The second kappa shape index (κ2) is 10.7. The number of rotatable bonds is 6. The Morgan fingerprint density at radius 2 is 1.06 bits per heavy atom. The van der Waals surface area contributed by atoms with Crippen molar-refractivity contribution in [3.8, 4) is 11.5 Å². The third-order valence-electron chi connectivity index (χ3n) is 5.62. The van der Waals surface area contributed by atoms with Crippen molar-refractivity contribution in [1.29, 1.82) is 0 Å². The van der Waals surface area contributed by atoms with Crippen LogP contribution in [0.25, 0.3) is 12.2 Å². The van der Waals surface area contributed by atoms with E-state index in [0.717, 1.165) is 22.6 Å². The Kier molecular flexibility index (Phi) is 7.71. The monoisotopic (exact) mass is 434 g/mol. The zero-order valence-corrected chi connectivity index (χ0v) is 19.0. The first-order valence-electron chi connectivity index (χ1n) is 10.7. The molecule has 0 N–H and O–H groups in total. The highest BCUT2D eigenvalue weighted by atomic mass is 16.5. The Morgan fingerprint density at radius 3 is 1.38 bits per heavy atom. The van der Waals surface area contributed by atoms with Gasteiger partial charge in [-0.1, -0.05) is 24.3 Å². The minimum Gasteiger partial charge on any atom is -0.497 e. The van der Waals surface area contributed by atoms with Crippen molar-refractivity contribution < 1.29 is 19.1 Å². The molecule has 1 fully saturated rings. The van der Waals surface area contributed by atoms with E-state index in [4.69, 9.17) is 9.47 Å². The lowest BCUT2D eigenvalue weighted by atomic mass is 10.1. The normalized spacial score (nSPS) is 18.9. The molecule has 0 bridgehead atoms. The first kappa shape index (κ1) is 23.1. The maximum absolute atomic E-state index is 12.8. The second-order valence-electron chi connectivity index (χ2n) is 7.89. The Balaban J connectivity index is 1.59. The molecular weight excluding hydrogens is 404 g/mol. The van der Waals surface area contributed by atoms with Crippen LogP contribution in [0.1, 0.15) is 25.0 Å². The molecule has 1 aliphatic heterocycles. The zero-order valence-electron chi connectivity index (χ0n) is 19.0. The SMILES string of the molecule is COc1ccc(/C=C/C(=O)N2C[C@H](C)N(C(=O)/C=C/c3ccc(OC)cc3)C[C@@H]2C)cc1. The Hall–Kier alpha value is -3.54. The van der Waals surface area contributed by atoms with E-state index in [1.165, 1.54) is 0 Å². The van der Waals surface area contributed by atoms with Gasteiger partial charge < -0.3 is 19.3 Å². The number of hydrogen-bond donors (Lipinski definition) is 0. The molecule has 2 amide bonds. The molecular formula is C26H30N2O4. The molecule has 0 unspecified atom stereocenters. The van der Waals surface area contributed by atoms with Crippen LogP contribution in [0.5, 0.6) is 11.5 Å². The molecule has 168 valence electrons. The van der Waals surface area contributed by atoms with Crippen molar-refractivity contribution in [2.45, 2.75) is 25.9 Å². The van der Waals surface area contributed by atoms with Crippen molar-refractivity contribution in [2.75, 3.05) is 27.3 Å². The van der Waals surface area contributed by atoms with E-state index >= 15 is 0 Å². The van der Waals surface area contributed by atoms with Gasteiger partial charge in [0.1, 0.15) is 11.5 Å². The summed E-state index contributed by atoms with van der Waals surface area (Å²) < 4.78 is 10.3. The number of methoxy groups -OCH3 is 2. The largest absolute Gasteiger partial charge is 0.497 e. The molecule has 2 atom stereocenters. The summed E-state index contributed by atoms with van der Waals surface area (Å²) in [5, 5.41) is 0. The summed E-state index contributed by atoms with van der Waals surface area (Å²) in [6.07, 6.45) is 6.78. The highest BCUT2D eigenvalue weighted by Crippen LogP contribution is 2.18. The van der Waals surface area contributed by atoms with Crippen LogP contribution in [-0.2, 0) is 9.59 Å². The average Bonchev–Trinajstić information content (AvgIpc) is 2.82. The summed E-state index contributed by atoms with van der Waals surface area (Å²) >= 11 is 0. The van der Waals surface area contributed by atoms with Gasteiger partial charge in [-0.2, -0.15) is 0 Å². The summed E-state index contributed by atoms with van der Waals surface area (Å²) in [7, 11) is 3.24. The topological polar surface area (TPSA) is 59.1 Å². The second-order valence-corrected chi connectivity index (χ2v) is 7.89. The van der Waals surface area contributed by atoms with Gasteiger partial charge in [0.25, 0.3) is 0 Å². The van der Waals surface area contributed by atoms with Crippen LogP contribution >= 0.6 is 0 Å². The maximum atomic E-state index is 12.8. The van der Waals surface area contributed by atoms with Crippen LogP contribution in [0.3, 0.4) is 0 Å². The molecule has 0 saturated carbocycles. The van der Waals surface area contributed by atoms with Gasteiger partial charge in [0.05, 0.1) is 14.2 Å². The predicted octanol–water partition coefficient (Wildman–Crippen LogP) is 3.88. The van der Waals surface area contributed by atoms with E-state index in [-0.39, 0.29) is 23.9 Å². The standard InChI is InChI=1S/C26H30N2O4/c1-19-17-28(26(30)16-10-22-7-13-24(32-4)14-8-22)20(2)18-27(19)25(29)15-9-21-5-11-23(31-3)12-6-21/h5-16,19-20H,17-18H2,1-4H3/b15-9+,16-10+/t19-,20-/m0/s1. The number of carbonyl (C=O) groups is 2. The fourth-order valence-corrected chi connectivity index (χ4v) is 3.70. The maximum Gasteiger partial charge on any atom is 0.246 e. The van der Waals surface area contributed by atoms with Gasteiger partial charge in [-0.15, -0.1) is 0 Å². The molecule has 6 heteroatoms. The van der Waals surface area contributed by atoms with Gasteiger partial charge in [0.2, 0.25) is 11.8 Å². The van der Waals surface area contributed by atoms with Crippen molar-refractivity contribution in [3.63, 3.8) is 0 Å². The van der Waals surface area contributed by atoms with Crippen LogP contribution in [0, 0.1) is 0 Å². The van der Waals surface area contributed by atoms with Crippen LogP contribution in [-0.4, -0.2) is 61.0 Å². The minimum absolute atomic E-state index is 0.0546. The number of carbonyl (C=O) groups excluding carboxylic acids is 2. The van der Waals surface area contributed by atoms with E-state index < -0.39 is 0 Å². The van der Waals surface area contributed by atoms with Gasteiger partial charge in [-0.3, -0.25) is 9.59 Å². The lowest BCUT2D eigenvalue weighted by Gasteiger charge is -2.43. The molecule has 0 aliphatic carbocycles. The quantitative estimate of drug-likeness (QED) is 0.648. The van der Waals surface area contributed by atoms with Crippen molar-refractivity contribution in [2.24, 2.45) is 0 Å². The third-order valence-corrected chi connectivity index (χ3v) is 5.62. The number of ether oxygens (including phenoxy) is 2. The van der Waals surface area contributed by atoms with Crippen molar-refractivity contribution >= 4 is 24.0 Å². The predicted molar refractivity (Wildman–Crippen MR) is 126 cm³/mol. The highest BCUT2D eigenvalue weighted by Gasteiger charge is 2.32. The van der Waals surface area contributed by atoms with E-state index in [1.807, 2.05) is 72.2 Å². The van der Waals surface area contributed by atoms with Crippen LogP contribution in [0.2, 0.25) is 0 Å². The summed E-state index contributed by atoms with van der Waals surface area (Å²) in [4.78, 5) is 29.2. The van der Waals surface area contributed by atoms with Gasteiger partial charge in [-0.25, -0.2) is 0 Å². The number of amides is 2. The molecule has 32 heavy (non-hydrogen) atoms. The molecule has 2 aromatic carbocycles. The molecule has 3 rings (SSSR count). The smallest absolute Gasteiger partial charge is 0.246 e. The Bertz CT molecular complexity index is 898. The van der Waals surface area contributed by atoms with Gasteiger partial charge in [-0.05, 0) is 61.4 Å². The van der Waals surface area contributed by atoms with Crippen LogP contribution in [0.15, 0.2) is 60.7 Å². The fraction of sp³-hybridized carbons (Fsp3) is 0.308. The Morgan fingerprint density at radius 1 is 0.719 bits per heavy atom.